The Balaban J connectivity index is 1.86. The van der Waals surface area contributed by atoms with E-state index in [2.05, 4.69) is 36.4 Å². The van der Waals surface area contributed by atoms with E-state index in [0.29, 0.717) is 11.6 Å². The van der Waals surface area contributed by atoms with Crippen molar-refractivity contribution in [3.63, 3.8) is 0 Å². The molecule has 2 rings (SSSR count). The van der Waals surface area contributed by atoms with Crippen LogP contribution in [0.1, 0.15) is 49.1 Å². The molecule has 1 aliphatic heterocycles. The summed E-state index contributed by atoms with van der Waals surface area (Å²) in [6.45, 7) is 9.41. The minimum atomic E-state index is -0.0315. The van der Waals surface area contributed by atoms with Crippen LogP contribution in [0.4, 0.5) is 0 Å². The van der Waals surface area contributed by atoms with Gasteiger partial charge in [0.2, 0.25) is 0 Å². The number of amides is 1. The second-order valence-electron chi connectivity index (χ2n) is 6.47. The van der Waals surface area contributed by atoms with E-state index in [9.17, 15) is 4.79 Å². The van der Waals surface area contributed by atoms with E-state index in [1.807, 2.05) is 5.38 Å². The van der Waals surface area contributed by atoms with Crippen LogP contribution in [0.5, 0.6) is 0 Å². The number of carbonyl (C=O) groups is 1. The Morgan fingerprint density at radius 2 is 2.20 bits per heavy atom. The molecule has 5 heteroatoms. The predicted molar refractivity (Wildman–Crippen MR) is 83.2 cm³/mol. The van der Waals surface area contributed by atoms with Gasteiger partial charge in [-0.15, -0.1) is 11.3 Å². The van der Waals surface area contributed by atoms with Gasteiger partial charge < -0.3 is 10.6 Å². The second-order valence-corrected chi connectivity index (χ2v) is 7.41. The summed E-state index contributed by atoms with van der Waals surface area (Å²) in [6.07, 6.45) is 3.17. The van der Waals surface area contributed by atoms with Crippen LogP contribution in [0.25, 0.3) is 0 Å². The van der Waals surface area contributed by atoms with Gasteiger partial charge in [-0.2, -0.15) is 0 Å². The van der Waals surface area contributed by atoms with Crippen LogP contribution in [0.15, 0.2) is 5.38 Å². The first-order chi connectivity index (χ1) is 9.48. The fourth-order valence-electron chi connectivity index (χ4n) is 2.45. The number of hydrogen-bond acceptors (Lipinski definition) is 4. The summed E-state index contributed by atoms with van der Waals surface area (Å²) in [5.41, 5.74) is 0.792. The SMILES string of the molecule is CC(C)Cc1nc(C(=O)NCC2(C)CCNCC2)cs1. The van der Waals surface area contributed by atoms with Gasteiger partial charge >= 0.3 is 0 Å². The van der Waals surface area contributed by atoms with Gasteiger partial charge in [0, 0.05) is 18.3 Å². The van der Waals surface area contributed by atoms with Gasteiger partial charge in [0.25, 0.3) is 5.91 Å². The first-order valence-electron chi connectivity index (χ1n) is 7.42. The van der Waals surface area contributed by atoms with Crippen molar-refractivity contribution in [3.8, 4) is 0 Å². The van der Waals surface area contributed by atoms with Crippen molar-refractivity contribution >= 4 is 17.2 Å². The van der Waals surface area contributed by atoms with Crippen molar-refractivity contribution in [2.24, 2.45) is 11.3 Å². The Kier molecular flexibility index (Phi) is 5.16. The fraction of sp³-hybridized carbons (Fsp3) is 0.733. The zero-order valence-corrected chi connectivity index (χ0v) is 13.5. The van der Waals surface area contributed by atoms with Gasteiger partial charge in [-0.05, 0) is 37.3 Å². The predicted octanol–water partition coefficient (Wildman–Crippen LogP) is 2.46. The summed E-state index contributed by atoms with van der Waals surface area (Å²) in [7, 11) is 0. The Morgan fingerprint density at radius 1 is 1.50 bits per heavy atom. The van der Waals surface area contributed by atoms with E-state index in [4.69, 9.17) is 0 Å². The van der Waals surface area contributed by atoms with Crippen molar-refractivity contribution in [1.82, 2.24) is 15.6 Å². The maximum Gasteiger partial charge on any atom is 0.270 e. The van der Waals surface area contributed by atoms with Gasteiger partial charge in [0.15, 0.2) is 0 Å². The van der Waals surface area contributed by atoms with Crippen LogP contribution in [-0.4, -0.2) is 30.5 Å². The maximum absolute atomic E-state index is 12.1. The Morgan fingerprint density at radius 3 is 2.85 bits per heavy atom. The van der Waals surface area contributed by atoms with Crippen LogP contribution in [0, 0.1) is 11.3 Å². The number of hydrogen-bond donors (Lipinski definition) is 2. The Bertz CT molecular complexity index is 450. The molecular formula is C15H25N3OS. The van der Waals surface area contributed by atoms with E-state index in [-0.39, 0.29) is 11.3 Å². The third kappa shape index (κ3) is 4.28. The number of carbonyl (C=O) groups excluding carboxylic acids is 1. The topological polar surface area (TPSA) is 54.0 Å². The van der Waals surface area contributed by atoms with E-state index in [1.54, 1.807) is 11.3 Å². The van der Waals surface area contributed by atoms with Crippen LogP contribution in [-0.2, 0) is 6.42 Å². The minimum absolute atomic E-state index is 0.0315. The quantitative estimate of drug-likeness (QED) is 0.877. The number of aromatic nitrogens is 1. The standard InChI is InChI=1S/C15H25N3OS/c1-11(2)8-13-18-12(9-20-13)14(19)17-10-15(3)4-6-16-7-5-15/h9,11,16H,4-8,10H2,1-3H3,(H,17,19). The molecule has 0 aliphatic carbocycles. The fourth-order valence-corrected chi connectivity index (χ4v) is 3.44. The summed E-state index contributed by atoms with van der Waals surface area (Å²) >= 11 is 1.58. The van der Waals surface area contributed by atoms with Gasteiger partial charge in [-0.25, -0.2) is 4.98 Å². The maximum atomic E-state index is 12.1. The molecule has 0 saturated carbocycles. The number of thiazole rings is 1. The molecule has 2 N–H and O–H groups in total. The normalized spacial score (nSPS) is 18.2. The van der Waals surface area contributed by atoms with Crippen molar-refractivity contribution in [1.29, 1.82) is 0 Å². The molecule has 1 aromatic rings. The smallest absolute Gasteiger partial charge is 0.270 e. The number of nitrogens with zero attached hydrogens (tertiary/aromatic N) is 1. The molecule has 2 heterocycles. The first kappa shape index (κ1) is 15.4. The summed E-state index contributed by atoms with van der Waals surface area (Å²) < 4.78 is 0. The molecule has 0 radical (unpaired) electrons. The highest BCUT2D eigenvalue weighted by atomic mass is 32.1. The zero-order valence-electron chi connectivity index (χ0n) is 12.7. The van der Waals surface area contributed by atoms with Crippen LogP contribution < -0.4 is 10.6 Å². The summed E-state index contributed by atoms with van der Waals surface area (Å²) in [5.74, 6) is 0.543. The van der Waals surface area contributed by atoms with Gasteiger partial charge in [-0.1, -0.05) is 20.8 Å². The van der Waals surface area contributed by atoms with Crippen LogP contribution >= 0.6 is 11.3 Å². The highest BCUT2D eigenvalue weighted by molar-refractivity contribution is 7.09. The van der Waals surface area contributed by atoms with Crippen LogP contribution in [0.2, 0.25) is 0 Å². The number of nitrogens with one attached hydrogen (secondary N) is 2. The molecule has 0 bridgehead atoms. The Labute approximate surface area is 125 Å². The minimum Gasteiger partial charge on any atom is -0.350 e. The number of rotatable bonds is 5. The monoisotopic (exact) mass is 295 g/mol. The molecular weight excluding hydrogens is 270 g/mol. The second kappa shape index (κ2) is 6.68. The lowest BCUT2D eigenvalue weighted by Gasteiger charge is -2.34. The summed E-state index contributed by atoms with van der Waals surface area (Å²) in [5, 5.41) is 9.34. The molecule has 1 amide bonds. The number of piperidine rings is 1. The molecule has 1 aliphatic rings. The van der Waals surface area contributed by atoms with Gasteiger partial charge in [0.1, 0.15) is 5.69 Å². The molecule has 0 spiro atoms. The molecule has 0 atom stereocenters. The lowest BCUT2D eigenvalue weighted by atomic mass is 9.81. The highest BCUT2D eigenvalue weighted by Gasteiger charge is 2.27. The van der Waals surface area contributed by atoms with Gasteiger partial charge in [0.05, 0.1) is 5.01 Å². The Hall–Kier alpha value is -0.940. The molecule has 1 saturated heterocycles. The first-order valence-corrected chi connectivity index (χ1v) is 8.30. The van der Waals surface area contributed by atoms with Crippen molar-refractivity contribution < 1.29 is 4.79 Å². The van der Waals surface area contributed by atoms with Crippen molar-refractivity contribution in [3.05, 3.63) is 16.1 Å². The molecule has 20 heavy (non-hydrogen) atoms. The molecule has 1 aromatic heterocycles. The average molecular weight is 295 g/mol. The summed E-state index contributed by atoms with van der Waals surface area (Å²) in [4.78, 5) is 16.6. The van der Waals surface area contributed by atoms with E-state index < -0.39 is 0 Å². The highest BCUT2D eigenvalue weighted by Crippen LogP contribution is 2.26. The molecule has 112 valence electrons. The van der Waals surface area contributed by atoms with Gasteiger partial charge in [-0.3, -0.25) is 4.79 Å². The van der Waals surface area contributed by atoms with E-state index in [0.717, 1.165) is 43.9 Å². The molecule has 0 unspecified atom stereocenters. The third-order valence-electron chi connectivity index (χ3n) is 3.85. The molecule has 1 fully saturated rings. The van der Waals surface area contributed by atoms with E-state index >= 15 is 0 Å². The van der Waals surface area contributed by atoms with Crippen molar-refractivity contribution in [2.75, 3.05) is 19.6 Å². The largest absolute Gasteiger partial charge is 0.350 e. The van der Waals surface area contributed by atoms with E-state index in [1.165, 1.54) is 0 Å². The summed E-state index contributed by atoms with van der Waals surface area (Å²) in [6, 6.07) is 0. The molecule has 0 aromatic carbocycles. The third-order valence-corrected chi connectivity index (χ3v) is 4.72. The van der Waals surface area contributed by atoms with Crippen molar-refractivity contribution in [2.45, 2.75) is 40.0 Å². The lowest BCUT2D eigenvalue weighted by Crippen LogP contribution is -2.42. The van der Waals surface area contributed by atoms with Crippen LogP contribution in [0.3, 0.4) is 0 Å². The molecule has 4 nitrogen and oxygen atoms in total. The average Bonchev–Trinajstić information content (AvgIpc) is 2.85. The lowest BCUT2D eigenvalue weighted by molar-refractivity contribution is 0.0917. The zero-order chi connectivity index (χ0) is 14.6.